The van der Waals surface area contributed by atoms with Crippen LogP contribution in [0, 0.1) is 5.92 Å². The Kier molecular flexibility index (Phi) is 3.04. The first-order valence-corrected chi connectivity index (χ1v) is 6.88. The molecule has 2 N–H and O–H groups in total. The summed E-state index contributed by atoms with van der Waals surface area (Å²) < 4.78 is 0. The molecule has 5 nitrogen and oxygen atoms in total. The van der Waals surface area contributed by atoms with Crippen molar-refractivity contribution in [3.8, 4) is 0 Å². The number of nitrogens with zero attached hydrogens (tertiary/aromatic N) is 2. The molecule has 3 rings (SSSR count). The largest absolute Gasteiger partial charge is 0.371 e. The standard InChI is InChI=1S/C15H18N4O/c1-8(2)10-7-11(20)18-14-12(10)9-5-4-6-17-13(9)15(16-3)19-14/h4-6,8,10H,7H2,1-3H3,(H2,16,18,19,20). The van der Waals surface area contributed by atoms with Gasteiger partial charge in [0.05, 0.1) is 0 Å². The van der Waals surface area contributed by atoms with Crippen LogP contribution >= 0.6 is 0 Å². The Balaban J connectivity index is 2.34. The van der Waals surface area contributed by atoms with Gasteiger partial charge in [0, 0.05) is 30.6 Å². The highest BCUT2D eigenvalue weighted by Gasteiger charge is 2.31. The molecule has 1 aliphatic heterocycles. The summed E-state index contributed by atoms with van der Waals surface area (Å²) in [7, 11) is 1.81. The van der Waals surface area contributed by atoms with Gasteiger partial charge in [0.25, 0.3) is 0 Å². The van der Waals surface area contributed by atoms with Crippen molar-refractivity contribution in [1.82, 2.24) is 9.97 Å². The molecule has 0 bridgehead atoms. The van der Waals surface area contributed by atoms with Crippen LogP contribution in [0.3, 0.4) is 0 Å². The monoisotopic (exact) mass is 270 g/mol. The smallest absolute Gasteiger partial charge is 0.226 e. The third kappa shape index (κ3) is 1.90. The fourth-order valence-corrected chi connectivity index (χ4v) is 2.86. The summed E-state index contributed by atoms with van der Waals surface area (Å²) in [5.74, 6) is 1.97. The second-order valence-electron chi connectivity index (χ2n) is 5.48. The topological polar surface area (TPSA) is 66.9 Å². The highest BCUT2D eigenvalue weighted by molar-refractivity contribution is 6.01. The number of hydrogen-bond acceptors (Lipinski definition) is 4. The Labute approximate surface area is 117 Å². The Hall–Kier alpha value is -2.17. The van der Waals surface area contributed by atoms with Gasteiger partial charge in [0.15, 0.2) is 5.82 Å². The maximum atomic E-state index is 11.9. The van der Waals surface area contributed by atoms with E-state index in [4.69, 9.17) is 0 Å². The maximum Gasteiger partial charge on any atom is 0.226 e. The molecular formula is C15H18N4O. The number of aromatic nitrogens is 2. The molecule has 0 radical (unpaired) electrons. The molecule has 1 atom stereocenters. The lowest BCUT2D eigenvalue weighted by Gasteiger charge is -2.29. The van der Waals surface area contributed by atoms with E-state index in [1.807, 2.05) is 13.1 Å². The van der Waals surface area contributed by atoms with Crippen LogP contribution < -0.4 is 10.6 Å². The number of amides is 1. The third-order valence-electron chi connectivity index (χ3n) is 3.88. The number of fused-ring (bicyclic) bond motifs is 3. The van der Waals surface area contributed by atoms with Gasteiger partial charge < -0.3 is 10.6 Å². The number of anilines is 2. The van der Waals surface area contributed by atoms with Crippen LogP contribution in [-0.4, -0.2) is 22.9 Å². The van der Waals surface area contributed by atoms with E-state index in [9.17, 15) is 4.79 Å². The first-order chi connectivity index (χ1) is 9.61. The quantitative estimate of drug-likeness (QED) is 0.880. The molecule has 5 heteroatoms. The summed E-state index contributed by atoms with van der Waals surface area (Å²) in [6, 6.07) is 3.98. The molecule has 0 aromatic carbocycles. The highest BCUT2D eigenvalue weighted by atomic mass is 16.1. The van der Waals surface area contributed by atoms with Gasteiger partial charge in [0.2, 0.25) is 5.91 Å². The summed E-state index contributed by atoms with van der Waals surface area (Å²) in [6.07, 6.45) is 2.28. The molecule has 20 heavy (non-hydrogen) atoms. The van der Waals surface area contributed by atoms with Gasteiger partial charge in [-0.25, -0.2) is 4.98 Å². The Morgan fingerprint density at radius 1 is 1.45 bits per heavy atom. The number of rotatable bonds is 2. The van der Waals surface area contributed by atoms with Crippen molar-refractivity contribution in [2.45, 2.75) is 26.2 Å². The molecular weight excluding hydrogens is 252 g/mol. The SMILES string of the molecule is CNc1nc2c(c3cccnc13)C(C(C)C)CC(=O)N2. The fraction of sp³-hybridized carbons (Fsp3) is 0.400. The molecule has 2 aromatic heterocycles. The number of pyridine rings is 2. The van der Waals surface area contributed by atoms with E-state index in [0.29, 0.717) is 24.0 Å². The third-order valence-corrected chi connectivity index (χ3v) is 3.88. The van der Waals surface area contributed by atoms with Crippen molar-refractivity contribution < 1.29 is 4.79 Å². The van der Waals surface area contributed by atoms with E-state index in [2.05, 4.69) is 40.5 Å². The fourth-order valence-electron chi connectivity index (χ4n) is 2.86. The molecule has 0 aliphatic carbocycles. The van der Waals surface area contributed by atoms with Gasteiger partial charge in [-0.3, -0.25) is 9.78 Å². The predicted molar refractivity (Wildman–Crippen MR) is 79.9 cm³/mol. The molecule has 1 aliphatic rings. The maximum absolute atomic E-state index is 11.9. The van der Waals surface area contributed by atoms with Crippen LogP contribution in [0.15, 0.2) is 18.3 Å². The minimum atomic E-state index is 0.0361. The average molecular weight is 270 g/mol. The predicted octanol–water partition coefficient (Wildman–Crippen LogP) is 2.75. The van der Waals surface area contributed by atoms with Gasteiger partial charge in [-0.05, 0) is 17.9 Å². The van der Waals surface area contributed by atoms with Crippen molar-refractivity contribution in [1.29, 1.82) is 0 Å². The van der Waals surface area contributed by atoms with Gasteiger partial charge in [-0.1, -0.05) is 19.9 Å². The van der Waals surface area contributed by atoms with E-state index in [-0.39, 0.29) is 11.8 Å². The van der Waals surface area contributed by atoms with Gasteiger partial charge in [-0.15, -0.1) is 0 Å². The average Bonchev–Trinajstić information content (AvgIpc) is 2.45. The summed E-state index contributed by atoms with van der Waals surface area (Å²) in [5.41, 5.74) is 1.97. The number of hydrogen-bond donors (Lipinski definition) is 2. The lowest BCUT2D eigenvalue weighted by molar-refractivity contribution is -0.117. The van der Waals surface area contributed by atoms with E-state index < -0.39 is 0 Å². The van der Waals surface area contributed by atoms with Crippen molar-refractivity contribution in [3.05, 3.63) is 23.9 Å². The van der Waals surface area contributed by atoms with Gasteiger partial charge in [-0.2, -0.15) is 0 Å². The molecule has 1 amide bonds. The molecule has 1 unspecified atom stereocenters. The summed E-state index contributed by atoms with van der Waals surface area (Å²) in [6.45, 7) is 4.28. The molecule has 3 heterocycles. The molecule has 104 valence electrons. The van der Waals surface area contributed by atoms with Crippen LogP contribution in [0.5, 0.6) is 0 Å². The van der Waals surface area contributed by atoms with E-state index in [1.165, 1.54) is 0 Å². The minimum Gasteiger partial charge on any atom is -0.371 e. The van der Waals surface area contributed by atoms with E-state index in [1.54, 1.807) is 6.20 Å². The summed E-state index contributed by atoms with van der Waals surface area (Å²) in [5, 5.41) is 7.02. The molecule has 2 aromatic rings. The number of nitrogens with one attached hydrogen (secondary N) is 2. The van der Waals surface area contributed by atoms with Crippen LogP contribution in [0.4, 0.5) is 11.6 Å². The zero-order valence-electron chi connectivity index (χ0n) is 11.9. The molecule has 0 fully saturated rings. The number of carbonyl (C=O) groups excluding carboxylic acids is 1. The zero-order chi connectivity index (χ0) is 14.3. The Morgan fingerprint density at radius 2 is 2.25 bits per heavy atom. The van der Waals surface area contributed by atoms with Crippen LogP contribution in [0.1, 0.15) is 31.7 Å². The highest BCUT2D eigenvalue weighted by Crippen LogP contribution is 2.41. The Bertz CT molecular complexity index is 681. The zero-order valence-corrected chi connectivity index (χ0v) is 11.9. The van der Waals surface area contributed by atoms with Gasteiger partial charge in [0.1, 0.15) is 11.3 Å². The first-order valence-electron chi connectivity index (χ1n) is 6.88. The number of carbonyl (C=O) groups is 1. The van der Waals surface area contributed by atoms with Crippen LogP contribution in [0.2, 0.25) is 0 Å². The van der Waals surface area contributed by atoms with E-state index in [0.717, 1.165) is 16.5 Å². The van der Waals surface area contributed by atoms with Gasteiger partial charge >= 0.3 is 0 Å². The van der Waals surface area contributed by atoms with Crippen molar-refractivity contribution >= 4 is 28.4 Å². The lowest BCUT2D eigenvalue weighted by Crippen LogP contribution is -2.27. The normalized spacial score (nSPS) is 18.0. The second kappa shape index (κ2) is 4.74. The van der Waals surface area contributed by atoms with Crippen LogP contribution in [0.25, 0.3) is 10.9 Å². The molecule has 0 saturated heterocycles. The Morgan fingerprint density at radius 3 is 2.95 bits per heavy atom. The minimum absolute atomic E-state index is 0.0361. The lowest BCUT2D eigenvalue weighted by atomic mass is 9.82. The van der Waals surface area contributed by atoms with Crippen LogP contribution in [-0.2, 0) is 4.79 Å². The summed E-state index contributed by atoms with van der Waals surface area (Å²) >= 11 is 0. The van der Waals surface area contributed by atoms with Crippen molar-refractivity contribution in [2.75, 3.05) is 17.7 Å². The van der Waals surface area contributed by atoms with Crippen molar-refractivity contribution in [2.24, 2.45) is 5.92 Å². The molecule has 0 saturated carbocycles. The second-order valence-corrected chi connectivity index (χ2v) is 5.48. The van der Waals surface area contributed by atoms with Crippen molar-refractivity contribution in [3.63, 3.8) is 0 Å². The first kappa shape index (κ1) is 12.8. The summed E-state index contributed by atoms with van der Waals surface area (Å²) in [4.78, 5) is 20.9. The molecule has 0 spiro atoms. The van der Waals surface area contributed by atoms with E-state index >= 15 is 0 Å².